The number of nitrogens with one attached hydrogen (secondary N) is 1. The lowest BCUT2D eigenvalue weighted by Crippen LogP contribution is -2.45. The summed E-state index contributed by atoms with van der Waals surface area (Å²) in [5.74, 6) is 2.70. The zero-order chi connectivity index (χ0) is 19.5. The van der Waals surface area contributed by atoms with Crippen LogP contribution in [0.5, 0.6) is 0 Å². The molecule has 1 aliphatic heterocycles. The van der Waals surface area contributed by atoms with Gasteiger partial charge >= 0.3 is 0 Å². The lowest BCUT2D eigenvalue weighted by atomic mass is 9.85. The molecule has 1 amide bonds. The maximum atomic E-state index is 12.6. The zero-order valence-corrected chi connectivity index (χ0v) is 16.7. The van der Waals surface area contributed by atoms with Crippen molar-refractivity contribution in [1.29, 1.82) is 0 Å². The van der Waals surface area contributed by atoms with E-state index in [1.807, 2.05) is 19.1 Å². The van der Waals surface area contributed by atoms with Crippen molar-refractivity contribution in [3.05, 3.63) is 24.2 Å². The summed E-state index contributed by atoms with van der Waals surface area (Å²) in [5, 5.41) is 7.34. The Morgan fingerprint density at radius 3 is 2.96 bits per heavy atom. The molecule has 3 heterocycles. The average molecular weight is 383 g/mol. The van der Waals surface area contributed by atoms with E-state index in [0.29, 0.717) is 18.3 Å². The Labute approximate surface area is 165 Å². The molecule has 2 aromatic heterocycles. The fraction of sp³-hybridized carbons (Fsp3) is 0.619. The number of hydrogen-bond donors (Lipinski definition) is 1. The Kier molecular flexibility index (Phi) is 5.59. The zero-order valence-electron chi connectivity index (χ0n) is 16.7. The Morgan fingerprint density at radius 1 is 1.36 bits per heavy atom. The molecule has 0 radical (unpaired) electrons. The van der Waals surface area contributed by atoms with Gasteiger partial charge in [-0.3, -0.25) is 4.79 Å². The molecule has 1 saturated carbocycles. The van der Waals surface area contributed by atoms with E-state index in [1.54, 1.807) is 6.20 Å². The van der Waals surface area contributed by atoms with E-state index < -0.39 is 0 Å². The van der Waals surface area contributed by atoms with Crippen molar-refractivity contribution >= 4 is 11.7 Å². The second-order valence-corrected chi connectivity index (χ2v) is 8.06. The van der Waals surface area contributed by atoms with Crippen molar-refractivity contribution in [2.24, 2.45) is 5.92 Å². The van der Waals surface area contributed by atoms with Gasteiger partial charge in [0.15, 0.2) is 0 Å². The molecule has 150 valence electrons. The van der Waals surface area contributed by atoms with Crippen LogP contribution >= 0.6 is 0 Å². The number of piperidine rings is 1. The molecule has 2 atom stereocenters. The SMILES string of the molecule is CCC(C)NC(=O)C1CCCN(c2ncccc2-c2noc(C3CCC3)n2)C1. The third-order valence-electron chi connectivity index (χ3n) is 6.02. The van der Waals surface area contributed by atoms with E-state index in [0.717, 1.165) is 55.9 Å². The van der Waals surface area contributed by atoms with Crippen molar-refractivity contribution in [2.75, 3.05) is 18.0 Å². The first kappa shape index (κ1) is 18.9. The monoisotopic (exact) mass is 383 g/mol. The molecule has 2 aliphatic rings. The summed E-state index contributed by atoms with van der Waals surface area (Å²) in [6.07, 6.45) is 8.08. The summed E-state index contributed by atoms with van der Waals surface area (Å²) < 4.78 is 5.51. The van der Waals surface area contributed by atoms with Gasteiger partial charge in [0.05, 0.1) is 11.5 Å². The van der Waals surface area contributed by atoms with Crippen LogP contribution in [0.15, 0.2) is 22.9 Å². The quantitative estimate of drug-likeness (QED) is 0.821. The van der Waals surface area contributed by atoms with Crippen LogP contribution in [0.25, 0.3) is 11.4 Å². The van der Waals surface area contributed by atoms with Gasteiger partial charge in [0.25, 0.3) is 0 Å². The Balaban J connectivity index is 1.52. The van der Waals surface area contributed by atoms with Crippen LogP contribution in [-0.2, 0) is 4.79 Å². The summed E-state index contributed by atoms with van der Waals surface area (Å²) in [5.41, 5.74) is 0.875. The number of carbonyl (C=O) groups is 1. The molecule has 0 bridgehead atoms. The van der Waals surface area contributed by atoms with E-state index >= 15 is 0 Å². The molecule has 7 nitrogen and oxygen atoms in total. The third kappa shape index (κ3) is 3.88. The molecule has 28 heavy (non-hydrogen) atoms. The van der Waals surface area contributed by atoms with Gasteiger partial charge in [0.2, 0.25) is 17.6 Å². The summed E-state index contributed by atoms with van der Waals surface area (Å²) in [4.78, 5) is 24.1. The van der Waals surface area contributed by atoms with Gasteiger partial charge in [0.1, 0.15) is 5.82 Å². The van der Waals surface area contributed by atoms with Crippen LogP contribution in [0, 0.1) is 5.92 Å². The predicted molar refractivity (Wildman–Crippen MR) is 107 cm³/mol. The number of aromatic nitrogens is 3. The molecule has 0 spiro atoms. The van der Waals surface area contributed by atoms with E-state index in [4.69, 9.17) is 4.52 Å². The predicted octanol–water partition coefficient (Wildman–Crippen LogP) is 3.53. The molecule has 1 N–H and O–H groups in total. The van der Waals surface area contributed by atoms with E-state index in [2.05, 4.69) is 32.3 Å². The van der Waals surface area contributed by atoms with Crippen LogP contribution in [-0.4, -0.2) is 40.2 Å². The maximum Gasteiger partial charge on any atom is 0.230 e. The molecule has 4 rings (SSSR count). The maximum absolute atomic E-state index is 12.6. The highest BCUT2D eigenvalue weighted by Crippen LogP contribution is 2.37. The van der Waals surface area contributed by atoms with Crippen LogP contribution in [0.3, 0.4) is 0 Å². The molecule has 2 aromatic rings. The first-order chi connectivity index (χ1) is 13.7. The van der Waals surface area contributed by atoms with E-state index in [9.17, 15) is 4.79 Å². The minimum atomic E-state index is -0.0200. The number of rotatable bonds is 6. The Bertz CT molecular complexity index is 817. The van der Waals surface area contributed by atoms with Crippen LogP contribution < -0.4 is 10.2 Å². The number of amides is 1. The van der Waals surface area contributed by atoms with Gasteiger partial charge in [-0.2, -0.15) is 4.98 Å². The number of hydrogen-bond acceptors (Lipinski definition) is 6. The highest BCUT2D eigenvalue weighted by atomic mass is 16.5. The molecule has 7 heteroatoms. The van der Waals surface area contributed by atoms with E-state index in [1.165, 1.54) is 6.42 Å². The molecule has 2 unspecified atom stereocenters. The molecule has 1 saturated heterocycles. The smallest absolute Gasteiger partial charge is 0.230 e. The van der Waals surface area contributed by atoms with Gasteiger partial charge in [-0.15, -0.1) is 0 Å². The van der Waals surface area contributed by atoms with Gasteiger partial charge < -0.3 is 14.7 Å². The van der Waals surface area contributed by atoms with Crippen molar-refractivity contribution in [3.8, 4) is 11.4 Å². The van der Waals surface area contributed by atoms with Gasteiger partial charge in [0, 0.05) is 31.2 Å². The summed E-state index contributed by atoms with van der Waals surface area (Å²) in [7, 11) is 0. The highest BCUT2D eigenvalue weighted by Gasteiger charge is 2.30. The second kappa shape index (κ2) is 8.29. The fourth-order valence-corrected chi connectivity index (χ4v) is 3.84. The van der Waals surface area contributed by atoms with E-state index in [-0.39, 0.29) is 17.9 Å². The highest BCUT2D eigenvalue weighted by molar-refractivity contribution is 5.80. The fourth-order valence-electron chi connectivity index (χ4n) is 3.84. The van der Waals surface area contributed by atoms with Crippen LogP contribution in [0.2, 0.25) is 0 Å². The van der Waals surface area contributed by atoms with Crippen molar-refractivity contribution in [3.63, 3.8) is 0 Å². The molecular formula is C21H29N5O2. The summed E-state index contributed by atoms with van der Waals surface area (Å²) in [6, 6.07) is 4.09. The van der Waals surface area contributed by atoms with Crippen molar-refractivity contribution in [2.45, 2.75) is 64.3 Å². The molecule has 0 aromatic carbocycles. The van der Waals surface area contributed by atoms with Gasteiger partial charge in [-0.25, -0.2) is 4.98 Å². The number of carbonyl (C=O) groups excluding carboxylic acids is 1. The standard InChI is InChI=1S/C21H29N5O2/c1-3-14(2)23-20(27)16-9-6-12-26(13-16)19-17(10-5-11-22-19)18-24-21(28-25-18)15-7-4-8-15/h5,10-11,14-16H,3-4,6-9,12-13H2,1-2H3,(H,23,27). The average Bonchev–Trinajstić information content (AvgIpc) is 3.16. The van der Waals surface area contributed by atoms with Gasteiger partial charge in [-0.1, -0.05) is 18.5 Å². The van der Waals surface area contributed by atoms with Crippen LogP contribution in [0.1, 0.15) is 64.2 Å². The molecule has 1 aliphatic carbocycles. The number of anilines is 1. The lowest BCUT2D eigenvalue weighted by molar-refractivity contribution is -0.125. The third-order valence-corrected chi connectivity index (χ3v) is 6.02. The van der Waals surface area contributed by atoms with Crippen molar-refractivity contribution in [1.82, 2.24) is 20.4 Å². The minimum Gasteiger partial charge on any atom is -0.355 e. The largest absolute Gasteiger partial charge is 0.355 e. The number of pyridine rings is 1. The second-order valence-electron chi connectivity index (χ2n) is 8.06. The summed E-state index contributed by atoms with van der Waals surface area (Å²) in [6.45, 7) is 5.68. The topological polar surface area (TPSA) is 84.2 Å². The molecular weight excluding hydrogens is 354 g/mol. The molecule has 2 fully saturated rings. The van der Waals surface area contributed by atoms with Crippen molar-refractivity contribution < 1.29 is 9.32 Å². The Hall–Kier alpha value is -2.44. The summed E-state index contributed by atoms with van der Waals surface area (Å²) >= 11 is 0. The minimum absolute atomic E-state index is 0.0200. The lowest BCUT2D eigenvalue weighted by Gasteiger charge is -2.34. The Morgan fingerprint density at radius 2 is 2.21 bits per heavy atom. The first-order valence-corrected chi connectivity index (χ1v) is 10.5. The number of nitrogens with zero attached hydrogens (tertiary/aromatic N) is 4. The normalized spacial score (nSPS) is 21.2. The first-order valence-electron chi connectivity index (χ1n) is 10.5. The van der Waals surface area contributed by atoms with Gasteiger partial charge in [-0.05, 0) is 51.2 Å². The van der Waals surface area contributed by atoms with Crippen LogP contribution in [0.4, 0.5) is 5.82 Å².